The van der Waals surface area contributed by atoms with E-state index in [9.17, 15) is 4.79 Å². The molecule has 1 fully saturated rings. The number of rotatable bonds is 3. The highest BCUT2D eigenvalue weighted by Crippen LogP contribution is 2.28. The van der Waals surface area contributed by atoms with E-state index in [1.165, 1.54) is 14.3 Å². The van der Waals surface area contributed by atoms with Crippen LogP contribution in [0.3, 0.4) is 0 Å². The summed E-state index contributed by atoms with van der Waals surface area (Å²) in [5.74, 6) is 0. The van der Waals surface area contributed by atoms with E-state index in [4.69, 9.17) is 4.98 Å². The number of nitrogens with one attached hydrogen (secondary N) is 1. The normalized spacial score (nSPS) is 20.2. The van der Waals surface area contributed by atoms with E-state index < -0.39 is 0 Å². The summed E-state index contributed by atoms with van der Waals surface area (Å²) in [6.07, 6.45) is 2.22. The lowest BCUT2D eigenvalue weighted by atomic mass is 10.2. The number of hydrogen-bond donors (Lipinski definition) is 1. The predicted molar refractivity (Wildman–Crippen MR) is 101 cm³/mol. The molecule has 0 amide bonds. The van der Waals surface area contributed by atoms with Crippen molar-refractivity contribution in [1.29, 1.82) is 0 Å². The van der Waals surface area contributed by atoms with E-state index in [0.29, 0.717) is 23.6 Å². The van der Waals surface area contributed by atoms with Crippen molar-refractivity contribution in [3.05, 3.63) is 63.9 Å². The van der Waals surface area contributed by atoms with Gasteiger partial charge in [0, 0.05) is 12.8 Å². The van der Waals surface area contributed by atoms with Crippen LogP contribution < -0.4 is 10.5 Å². The first kappa shape index (κ1) is 15.6. The summed E-state index contributed by atoms with van der Waals surface area (Å²) < 4.78 is 2.72. The van der Waals surface area contributed by atoms with E-state index in [2.05, 4.69) is 22.4 Å². The van der Waals surface area contributed by atoms with Crippen LogP contribution in [-0.4, -0.2) is 26.5 Å². The fourth-order valence-corrected chi connectivity index (χ4v) is 4.92. The molecule has 1 unspecified atom stereocenters. The molecule has 1 aliphatic heterocycles. The van der Waals surface area contributed by atoms with Gasteiger partial charge in [0.25, 0.3) is 5.56 Å². The van der Waals surface area contributed by atoms with Crippen LogP contribution in [0.2, 0.25) is 0 Å². The number of likely N-dealkylation sites (tertiary alicyclic amines) is 1. The fraction of sp³-hybridized carbons (Fsp3) is 0.263. The van der Waals surface area contributed by atoms with Crippen LogP contribution in [0.5, 0.6) is 0 Å². The minimum absolute atomic E-state index is 0.0713. The van der Waals surface area contributed by atoms with E-state index >= 15 is 0 Å². The summed E-state index contributed by atoms with van der Waals surface area (Å²) in [4.78, 5) is 18.9. The van der Waals surface area contributed by atoms with Crippen LogP contribution >= 0.6 is 11.3 Å². The fourth-order valence-electron chi connectivity index (χ4n) is 3.76. The van der Waals surface area contributed by atoms with Crippen molar-refractivity contribution in [2.45, 2.75) is 25.6 Å². The molecule has 2 aromatic carbocycles. The molecule has 1 saturated heterocycles. The molecule has 0 bridgehead atoms. The van der Waals surface area contributed by atoms with Crippen molar-refractivity contribution >= 4 is 32.5 Å². The van der Waals surface area contributed by atoms with Crippen molar-refractivity contribution < 1.29 is 4.90 Å². The number of nitrogens with zero attached hydrogens (tertiary/aromatic N) is 4. The lowest BCUT2D eigenvalue weighted by molar-refractivity contribution is -0.941. The summed E-state index contributed by atoms with van der Waals surface area (Å²) in [5.41, 5.74) is 1.63. The lowest BCUT2D eigenvalue weighted by Crippen LogP contribution is -3.09. The first-order valence-corrected chi connectivity index (χ1v) is 9.64. The molecule has 6 nitrogen and oxygen atoms in total. The van der Waals surface area contributed by atoms with E-state index in [1.807, 2.05) is 36.4 Å². The Morgan fingerprint density at radius 3 is 2.81 bits per heavy atom. The maximum Gasteiger partial charge on any atom is 0.282 e. The van der Waals surface area contributed by atoms with Crippen molar-refractivity contribution in [3.8, 4) is 0 Å². The number of hydrogen-bond acceptors (Lipinski definition) is 5. The topological polar surface area (TPSA) is 65.1 Å². The monoisotopic (exact) mass is 364 g/mol. The summed E-state index contributed by atoms with van der Waals surface area (Å²) in [5, 5.41) is 10.1. The van der Waals surface area contributed by atoms with Crippen molar-refractivity contribution in [1.82, 2.24) is 20.0 Å². The largest absolute Gasteiger partial charge is 0.308 e. The number of aromatic nitrogens is 4. The Morgan fingerprint density at radius 2 is 1.92 bits per heavy atom. The molecular weight excluding hydrogens is 346 g/mol. The predicted octanol–water partition coefficient (Wildman–Crippen LogP) is 1.78. The standard InChI is InChI=1S/C19H17N5OS/c25-19-13-6-1-2-7-14(13)21-22-24(19)12-23-11-5-9-16(23)18-20-15-8-3-4-10-17(15)26-18/h1-4,6-8,10,16H,5,9,11-12H2/p+1/t16-/m0/s1. The van der Waals surface area contributed by atoms with Crippen molar-refractivity contribution in [3.63, 3.8) is 0 Å². The first-order chi connectivity index (χ1) is 12.8. The van der Waals surface area contributed by atoms with Crippen molar-refractivity contribution in [2.24, 2.45) is 0 Å². The van der Waals surface area contributed by atoms with Crippen LogP contribution in [0.1, 0.15) is 23.9 Å². The molecular formula is C19H18N5OS+. The van der Waals surface area contributed by atoms with Gasteiger partial charge in [0.1, 0.15) is 11.6 Å². The number of benzene rings is 2. The SMILES string of the molecule is O=c1c2ccccc2nnn1C[NH+]1CCC[C@H]1c1nc2ccccc2s1. The molecule has 4 aromatic rings. The van der Waals surface area contributed by atoms with Gasteiger partial charge in [-0.05, 0) is 24.3 Å². The number of fused-ring (bicyclic) bond motifs is 2. The average Bonchev–Trinajstić information content (AvgIpc) is 3.30. The molecule has 26 heavy (non-hydrogen) atoms. The quantitative estimate of drug-likeness (QED) is 0.602. The average molecular weight is 364 g/mol. The second-order valence-electron chi connectivity index (χ2n) is 6.69. The molecule has 130 valence electrons. The van der Waals surface area contributed by atoms with Gasteiger partial charge in [-0.15, -0.1) is 16.4 Å². The summed E-state index contributed by atoms with van der Waals surface area (Å²) >= 11 is 1.76. The Morgan fingerprint density at radius 1 is 1.12 bits per heavy atom. The zero-order chi connectivity index (χ0) is 17.5. The second kappa shape index (κ2) is 6.26. The molecule has 2 aromatic heterocycles. The minimum Gasteiger partial charge on any atom is -0.308 e. The molecule has 0 saturated carbocycles. The highest BCUT2D eigenvalue weighted by atomic mass is 32.1. The van der Waals surface area contributed by atoms with Gasteiger partial charge in [-0.3, -0.25) is 4.79 Å². The molecule has 7 heteroatoms. The molecule has 3 heterocycles. The van der Waals surface area contributed by atoms with Crippen LogP contribution in [-0.2, 0) is 6.67 Å². The van der Waals surface area contributed by atoms with Crippen LogP contribution in [0.15, 0.2) is 53.3 Å². The lowest BCUT2D eigenvalue weighted by Gasteiger charge is -2.19. The van der Waals surface area contributed by atoms with Gasteiger partial charge >= 0.3 is 0 Å². The van der Waals surface area contributed by atoms with E-state index in [-0.39, 0.29) is 5.56 Å². The summed E-state index contributed by atoms with van der Waals surface area (Å²) in [6, 6.07) is 15.9. The van der Waals surface area contributed by atoms with Crippen LogP contribution in [0.4, 0.5) is 0 Å². The Labute approximate surface area is 153 Å². The molecule has 0 spiro atoms. The Balaban J connectivity index is 1.48. The third kappa shape index (κ3) is 2.60. The first-order valence-electron chi connectivity index (χ1n) is 8.82. The highest BCUT2D eigenvalue weighted by Gasteiger charge is 2.33. The molecule has 0 aliphatic carbocycles. The third-order valence-corrected chi connectivity index (χ3v) is 6.22. The summed E-state index contributed by atoms with van der Waals surface area (Å²) in [7, 11) is 0. The smallest absolute Gasteiger partial charge is 0.282 e. The highest BCUT2D eigenvalue weighted by molar-refractivity contribution is 7.18. The molecule has 1 aliphatic rings. The number of para-hydroxylation sites is 1. The maximum atomic E-state index is 12.7. The van der Waals surface area contributed by atoms with Gasteiger partial charge in [-0.2, -0.15) is 4.68 Å². The van der Waals surface area contributed by atoms with Gasteiger partial charge in [-0.25, -0.2) is 4.98 Å². The Bertz CT molecular complexity index is 1120. The molecule has 5 rings (SSSR count). The van der Waals surface area contributed by atoms with Gasteiger partial charge in [0.05, 0.1) is 22.1 Å². The minimum atomic E-state index is -0.0713. The Hall–Kier alpha value is -2.64. The number of thiazole rings is 1. The molecule has 0 radical (unpaired) electrons. The zero-order valence-electron chi connectivity index (χ0n) is 14.1. The van der Waals surface area contributed by atoms with E-state index in [1.54, 1.807) is 11.3 Å². The zero-order valence-corrected chi connectivity index (χ0v) is 14.9. The van der Waals surface area contributed by atoms with Gasteiger partial charge in [-0.1, -0.05) is 29.5 Å². The van der Waals surface area contributed by atoms with Crippen LogP contribution in [0.25, 0.3) is 21.1 Å². The Kier molecular flexibility index (Phi) is 3.76. The number of quaternary nitrogens is 1. The molecule has 2 atom stereocenters. The van der Waals surface area contributed by atoms with Crippen LogP contribution in [0, 0.1) is 0 Å². The van der Waals surface area contributed by atoms with Gasteiger partial charge < -0.3 is 4.90 Å². The van der Waals surface area contributed by atoms with Gasteiger partial charge in [0.15, 0.2) is 11.7 Å². The summed E-state index contributed by atoms with van der Waals surface area (Å²) in [6.45, 7) is 1.54. The van der Waals surface area contributed by atoms with E-state index in [0.717, 1.165) is 29.9 Å². The van der Waals surface area contributed by atoms with Gasteiger partial charge in [0.2, 0.25) is 0 Å². The molecule has 1 N–H and O–H groups in total. The second-order valence-corrected chi connectivity index (χ2v) is 7.75. The third-order valence-electron chi connectivity index (χ3n) is 5.07. The van der Waals surface area contributed by atoms with Crippen molar-refractivity contribution in [2.75, 3.05) is 6.54 Å². The maximum absolute atomic E-state index is 12.7.